The molecule has 176 valence electrons. The molecule has 2 aromatic rings. The Morgan fingerprint density at radius 1 is 0.912 bits per heavy atom. The molecule has 0 spiro atoms. The summed E-state index contributed by atoms with van der Waals surface area (Å²) in [4.78, 5) is 31.4. The van der Waals surface area contributed by atoms with Crippen LogP contribution in [0.5, 0.6) is 11.5 Å². The lowest BCUT2D eigenvalue weighted by Crippen LogP contribution is -2.49. The normalized spacial score (nSPS) is 21.1. The molecular weight excluding hydrogens is 437 g/mol. The van der Waals surface area contributed by atoms with Crippen LogP contribution in [-0.2, 0) is 11.3 Å². The molecule has 1 saturated heterocycles. The second kappa shape index (κ2) is 7.65. The SMILES string of the molecule is CC1(C)C=C(CN2CCN(Cc3ccc4c(c3)OCO4)CC2)c2cc(F)cc3c2N1C(=O)C3=O. The first-order valence-electron chi connectivity index (χ1n) is 11.6. The Bertz CT molecular complexity index is 1250. The van der Waals surface area contributed by atoms with Crippen LogP contribution in [0.2, 0.25) is 0 Å². The molecule has 0 saturated carbocycles. The Labute approximate surface area is 197 Å². The molecule has 1 amide bonds. The third-order valence-electron chi connectivity index (χ3n) is 7.09. The second-order valence-electron chi connectivity index (χ2n) is 9.88. The van der Waals surface area contributed by atoms with Gasteiger partial charge in [0.15, 0.2) is 11.5 Å². The maximum Gasteiger partial charge on any atom is 0.300 e. The van der Waals surface area contributed by atoms with Crippen molar-refractivity contribution in [1.29, 1.82) is 0 Å². The number of nitrogens with zero attached hydrogens (tertiary/aromatic N) is 3. The molecule has 0 atom stereocenters. The zero-order chi connectivity index (χ0) is 23.6. The van der Waals surface area contributed by atoms with Crippen LogP contribution in [0.25, 0.3) is 5.57 Å². The highest BCUT2D eigenvalue weighted by molar-refractivity contribution is 6.53. The van der Waals surface area contributed by atoms with Crippen LogP contribution in [0.15, 0.2) is 36.4 Å². The van der Waals surface area contributed by atoms with Crippen molar-refractivity contribution >= 4 is 23.0 Å². The fourth-order valence-electron chi connectivity index (χ4n) is 5.47. The van der Waals surface area contributed by atoms with E-state index in [1.807, 2.05) is 32.1 Å². The summed E-state index contributed by atoms with van der Waals surface area (Å²) in [5.41, 5.74) is 2.88. The van der Waals surface area contributed by atoms with Crippen LogP contribution in [0.3, 0.4) is 0 Å². The number of ketones is 1. The number of Topliss-reactive ketones (excluding diaryl/α,β-unsaturated/α-hetero) is 1. The van der Waals surface area contributed by atoms with Crippen LogP contribution < -0.4 is 14.4 Å². The Morgan fingerprint density at radius 3 is 2.35 bits per heavy atom. The molecule has 2 aromatic carbocycles. The van der Waals surface area contributed by atoms with Gasteiger partial charge in [0.05, 0.1) is 16.8 Å². The minimum absolute atomic E-state index is 0.173. The fraction of sp³-hybridized carbons (Fsp3) is 0.385. The molecule has 4 aliphatic heterocycles. The third-order valence-corrected chi connectivity index (χ3v) is 7.09. The highest BCUT2D eigenvalue weighted by Gasteiger charge is 2.47. The summed E-state index contributed by atoms with van der Waals surface area (Å²) < 4.78 is 25.3. The molecule has 0 N–H and O–H groups in total. The summed E-state index contributed by atoms with van der Waals surface area (Å²) in [5, 5.41) is 0. The summed E-state index contributed by atoms with van der Waals surface area (Å²) >= 11 is 0. The van der Waals surface area contributed by atoms with E-state index in [1.165, 1.54) is 22.6 Å². The Hall–Kier alpha value is -3.23. The van der Waals surface area contributed by atoms with E-state index < -0.39 is 23.0 Å². The summed E-state index contributed by atoms with van der Waals surface area (Å²) in [6.45, 7) is 9.18. The maximum absolute atomic E-state index is 14.4. The zero-order valence-corrected chi connectivity index (χ0v) is 19.3. The number of amides is 1. The summed E-state index contributed by atoms with van der Waals surface area (Å²) in [7, 11) is 0. The van der Waals surface area contributed by atoms with Crippen molar-refractivity contribution in [2.75, 3.05) is 44.4 Å². The molecule has 8 heteroatoms. The number of carbonyl (C=O) groups is 2. The predicted molar refractivity (Wildman–Crippen MR) is 125 cm³/mol. The number of piperazine rings is 1. The number of anilines is 1. The molecule has 0 radical (unpaired) electrons. The number of hydrogen-bond acceptors (Lipinski definition) is 6. The Kier molecular flexibility index (Phi) is 4.79. The number of benzene rings is 2. The zero-order valence-electron chi connectivity index (χ0n) is 19.3. The van der Waals surface area contributed by atoms with Crippen molar-refractivity contribution in [1.82, 2.24) is 9.80 Å². The standard InChI is InChI=1S/C26H26FN3O4/c1-26(2)12-17(19-10-18(27)11-20-23(19)30(26)25(32)24(20)31)14-29-7-5-28(6-8-29)13-16-3-4-21-22(9-16)34-15-33-21/h3-4,9-12H,5-8,13-15H2,1-2H3. The largest absolute Gasteiger partial charge is 0.454 e. The summed E-state index contributed by atoms with van der Waals surface area (Å²) in [5.74, 6) is -0.106. The quantitative estimate of drug-likeness (QED) is 0.650. The monoisotopic (exact) mass is 463 g/mol. The van der Waals surface area contributed by atoms with Crippen LogP contribution in [0.4, 0.5) is 10.1 Å². The van der Waals surface area contributed by atoms with Gasteiger partial charge in [0.1, 0.15) is 5.82 Å². The summed E-state index contributed by atoms with van der Waals surface area (Å²) in [6.07, 6.45) is 2.01. The molecule has 7 nitrogen and oxygen atoms in total. The number of ether oxygens (including phenoxy) is 2. The van der Waals surface area contributed by atoms with Gasteiger partial charge in [-0.3, -0.25) is 24.3 Å². The van der Waals surface area contributed by atoms with Gasteiger partial charge in [-0.1, -0.05) is 12.1 Å². The first-order valence-corrected chi connectivity index (χ1v) is 11.6. The molecule has 0 bridgehead atoms. The van der Waals surface area contributed by atoms with Crippen molar-refractivity contribution in [3.8, 4) is 11.5 Å². The van der Waals surface area contributed by atoms with Gasteiger partial charge in [-0.05, 0) is 49.2 Å². The van der Waals surface area contributed by atoms with Gasteiger partial charge >= 0.3 is 0 Å². The lowest BCUT2D eigenvalue weighted by atomic mass is 9.88. The van der Waals surface area contributed by atoms with Crippen LogP contribution in [-0.4, -0.2) is 66.5 Å². The van der Waals surface area contributed by atoms with Gasteiger partial charge in [0.2, 0.25) is 6.79 Å². The van der Waals surface area contributed by atoms with Crippen LogP contribution in [0, 0.1) is 5.82 Å². The van der Waals surface area contributed by atoms with E-state index in [-0.39, 0.29) is 12.4 Å². The van der Waals surface area contributed by atoms with Gasteiger partial charge in [-0.15, -0.1) is 0 Å². The van der Waals surface area contributed by atoms with Crippen LogP contribution >= 0.6 is 0 Å². The first kappa shape index (κ1) is 21.3. The van der Waals surface area contributed by atoms with E-state index in [1.54, 1.807) is 0 Å². The molecule has 6 rings (SSSR count). The van der Waals surface area contributed by atoms with Crippen molar-refractivity contribution < 1.29 is 23.5 Å². The Morgan fingerprint density at radius 2 is 1.59 bits per heavy atom. The molecular formula is C26H26FN3O4. The molecule has 34 heavy (non-hydrogen) atoms. The van der Waals surface area contributed by atoms with E-state index >= 15 is 0 Å². The van der Waals surface area contributed by atoms with Crippen molar-refractivity contribution in [3.63, 3.8) is 0 Å². The smallest absolute Gasteiger partial charge is 0.300 e. The third kappa shape index (κ3) is 3.40. The molecule has 0 unspecified atom stereocenters. The van der Waals surface area contributed by atoms with Gasteiger partial charge < -0.3 is 9.47 Å². The first-order chi connectivity index (χ1) is 16.3. The second-order valence-corrected chi connectivity index (χ2v) is 9.88. The molecule has 4 heterocycles. The van der Waals surface area contributed by atoms with E-state index in [0.717, 1.165) is 49.8 Å². The highest BCUT2D eigenvalue weighted by Crippen LogP contribution is 2.46. The number of carbonyl (C=O) groups excluding carboxylic acids is 2. The molecule has 1 fully saturated rings. The fourth-order valence-corrected chi connectivity index (χ4v) is 5.47. The molecule has 0 aromatic heterocycles. The number of fused-ring (bicyclic) bond motifs is 1. The predicted octanol–water partition coefficient (Wildman–Crippen LogP) is 3.08. The number of rotatable bonds is 4. The van der Waals surface area contributed by atoms with E-state index in [9.17, 15) is 14.0 Å². The van der Waals surface area contributed by atoms with Crippen LogP contribution in [0.1, 0.15) is 35.3 Å². The van der Waals surface area contributed by atoms with Gasteiger partial charge in [-0.2, -0.15) is 0 Å². The van der Waals surface area contributed by atoms with Crippen molar-refractivity contribution in [3.05, 3.63) is 58.9 Å². The topological polar surface area (TPSA) is 62.3 Å². The van der Waals surface area contributed by atoms with Gasteiger partial charge in [-0.25, -0.2) is 4.39 Å². The minimum atomic E-state index is -0.653. The van der Waals surface area contributed by atoms with E-state index in [4.69, 9.17) is 9.47 Å². The average Bonchev–Trinajstić information content (AvgIpc) is 3.36. The van der Waals surface area contributed by atoms with Gasteiger partial charge in [0, 0.05) is 44.8 Å². The summed E-state index contributed by atoms with van der Waals surface area (Å²) in [6, 6.07) is 8.72. The molecule has 4 aliphatic rings. The van der Waals surface area contributed by atoms with Gasteiger partial charge in [0.25, 0.3) is 11.7 Å². The average molecular weight is 464 g/mol. The number of hydrogen-bond donors (Lipinski definition) is 0. The lowest BCUT2D eigenvalue weighted by Gasteiger charge is -2.41. The lowest BCUT2D eigenvalue weighted by molar-refractivity contribution is -0.115. The number of halogens is 1. The highest BCUT2D eigenvalue weighted by atomic mass is 19.1. The minimum Gasteiger partial charge on any atom is -0.454 e. The van der Waals surface area contributed by atoms with Crippen molar-refractivity contribution in [2.45, 2.75) is 25.9 Å². The Balaban J connectivity index is 1.17. The molecule has 0 aliphatic carbocycles. The van der Waals surface area contributed by atoms with E-state index in [2.05, 4.69) is 15.9 Å². The van der Waals surface area contributed by atoms with Crippen molar-refractivity contribution in [2.24, 2.45) is 0 Å². The maximum atomic E-state index is 14.4. The van der Waals surface area contributed by atoms with E-state index in [0.29, 0.717) is 17.8 Å².